The van der Waals surface area contributed by atoms with Gasteiger partial charge in [0, 0.05) is 11.6 Å². The van der Waals surface area contributed by atoms with E-state index in [0.29, 0.717) is 0 Å². The summed E-state index contributed by atoms with van der Waals surface area (Å²) in [6, 6.07) is 15.1. The maximum absolute atomic E-state index is 12.3. The molecule has 0 radical (unpaired) electrons. The topological polar surface area (TPSA) is 64.8 Å². The molecule has 2 N–H and O–H groups in total. The molecule has 2 aromatic rings. The lowest BCUT2D eigenvalue weighted by atomic mass is 9.99. The van der Waals surface area contributed by atoms with Gasteiger partial charge in [-0.2, -0.15) is 0 Å². The van der Waals surface area contributed by atoms with E-state index < -0.39 is 6.04 Å². The van der Waals surface area contributed by atoms with Crippen LogP contribution in [0.15, 0.2) is 48.5 Å². The van der Waals surface area contributed by atoms with Crippen molar-refractivity contribution in [2.24, 2.45) is 5.73 Å². The first-order chi connectivity index (χ1) is 12.2. The van der Waals surface area contributed by atoms with Crippen LogP contribution in [0.2, 0.25) is 0 Å². The van der Waals surface area contributed by atoms with Crippen LogP contribution in [0, 0.1) is 0 Å². The molecule has 1 aliphatic heterocycles. The fraction of sp³-hybridized carbons (Fsp3) is 0.350. The minimum atomic E-state index is -0.454. The second kappa shape index (κ2) is 7.57. The van der Waals surface area contributed by atoms with Crippen molar-refractivity contribution in [3.8, 4) is 11.5 Å². The van der Waals surface area contributed by atoms with Gasteiger partial charge in [-0.3, -0.25) is 9.69 Å². The number of ether oxygens (including phenoxy) is 2. The summed E-state index contributed by atoms with van der Waals surface area (Å²) >= 11 is 0. The molecule has 2 aromatic carbocycles. The maximum atomic E-state index is 12.3. The second-order valence-corrected chi connectivity index (χ2v) is 6.22. The van der Waals surface area contributed by atoms with E-state index in [1.807, 2.05) is 48.5 Å². The van der Waals surface area contributed by atoms with Crippen LogP contribution in [-0.4, -0.2) is 31.6 Å². The number of likely N-dealkylation sites (tertiary alicyclic amines) is 1. The third-order valence-electron chi connectivity index (χ3n) is 4.81. The molecule has 1 heterocycles. The fourth-order valence-electron chi connectivity index (χ4n) is 3.69. The van der Waals surface area contributed by atoms with Crippen LogP contribution >= 0.6 is 0 Å². The molecule has 0 aliphatic carbocycles. The molecule has 1 fully saturated rings. The standard InChI is InChI=1S/C20H24N2O3/c1-24-15-10-11-18(25-2)16(13-15)17-9-6-12-22(17)19(20(21)23)14-7-4-3-5-8-14/h3-5,7-8,10-11,13,17,19H,6,9,12H2,1-2H3,(H2,21,23)/t17-,19+/m0/s1. The number of primary amides is 1. The van der Waals surface area contributed by atoms with Crippen LogP contribution in [0.5, 0.6) is 11.5 Å². The normalized spacial score (nSPS) is 18.7. The predicted molar refractivity (Wildman–Crippen MR) is 96.6 cm³/mol. The van der Waals surface area contributed by atoms with Crippen molar-refractivity contribution in [3.63, 3.8) is 0 Å². The van der Waals surface area contributed by atoms with E-state index in [0.717, 1.165) is 42.0 Å². The molecule has 0 bridgehead atoms. The SMILES string of the molecule is COc1ccc(OC)c([C@@H]2CCCN2[C@@H](C(N)=O)c2ccccc2)c1. The van der Waals surface area contributed by atoms with Crippen molar-refractivity contribution in [2.45, 2.75) is 24.9 Å². The van der Waals surface area contributed by atoms with Gasteiger partial charge in [0.1, 0.15) is 17.5 Å². The number of benzene rings is 2. The Morgan fingerprint density at radius 3 is 2.56 bits per heavy atom. The molecule has 25 heavy (non-hydrogen) atoms. The fourth-order valence-corrected chi connectivity index (χ4v) is 3.69. The number of methoxy groups -OCH3 is 2. The third kappa shape index (κ3) is 3.46. The van der Waals surface area contributed by atoms with Gasteiger partial charge in [0.05, 0.1) is 14.2 Å². The number of carbonyl (C=O) groups is 1. The molecule has 2 atom stereocenters. The van der Waals surface area contributed by atoms with Crippen molar-refractivity contribution < 1.29 is 14.3 Å². The summed E-state index contributed by atoms with van der Waals surface area (Å²) in [5, 5.41) is 0. The van der Waals surface area contributed by atoms with Crippen molar-refractivity contribution in [1.29, 1.82) is 0 Å². The van der Waals surface area contributed by atoms with Crippen molar-refractivity contribution in [2.75, 3.05) is 20.8 Å². The van der Waals surface area contributed by atoms with Crippen molar-refractivity contribution in [3.05, 3.63) is 59.7 Å². The summed E-state index contributed by atoms with van der Waals surface area (Å²) in [6.07, 6.45) is 1.95. The zero-order valence-corrected chi connectivity index (χ0v) is 14.6. The highest BCUT2D eigenvalue weighted by Crippen LogP contribution is 2.42. The Hall–Kier alpha value is -2.53. The van der Waals surface area contributed by atoms with Crippen LogP contribution in [0.3, 0.4) is 0 Å². The summed E-state index contributed by atoms with van der Waals surface area (Å²) in [6.45, 7) is 0.813. The molecule has 5 nitrogen and oxygen atoms in total. The maximum Gasteiger partial charge on any atom is 0.239 e. The van der Waals surface area contributed by atoms with Gasteiger partial charge in [-0.15, -0.1) is 0 Å². The summed E-state index contributed by atoms with van der Waals surface area (Å²) < 4.78 is 10.9. The number of nitrogens with zero attached hydrogens (tertiary/aromatic N) is 1. The molecule has 3 rings (SSSR count). The van der Waals surface area contributed by atoms with Gasteiger partial charge in [-0.1, -0.05) is 30.3 Å². The summed E-state index contributed by atoms with van der Waals surface area (Å²) in [4.78, 5) is 14.4. The highest BCUT2D eigenvalue weighted by Gasteiger charge is 2.37. The van der Waals surface area contributed by atoms with Gasteiger partial charge < -0.3 is 15.2 Å². The quantitative estimate of drug-likeness (QED) is 0.878. The molecular weight excluding hydrogens is 316 g/mol. The molecule has 0 spiro atoms. The molecule has 1 saturated heterocycles. The molecule has 5 heteroatoms. The van der Waals surface area contributed by atoms with Crippen molar-refractivity contribution >= 4 is 5.91 Å². The van der Waals surface area contributed by atoms with E-state index in [9.17, 15) is 4.79 Å². The average Bonchev–Trinajstić information content (AvgIpc) is 3.11. The summed E-state index contributed by atoms with van der Waals surface area (Å²) in [5.74, 6) is 1.24. The molecule has 132 valence electrons. The first-order valence-corrected chi connectivity index (χ1v) is 8.47. The Labute approximate surface area is 148 Å². The predicted octanol–water partition coefficient (Wildman–Crippen LogP) is 3.07. The third-order valence-corrected chi connectivity index (χ3v) is 4.81. The first-order valence-electron chi connectivity index (χ1n) is 8.47. The van der Waals surface area contributed by atoms with Crippen molar-refractivity contribution in [1.82, 2.24) is 4.90 Å². The second-order valence-electron chi connectivity index (χ2n) is 6.22. The first kappa shape index (κ1) is 17.3. The molecule has 0 aromatic heterocycles. The van der Waals surface area contributed by atoms with E-state index >= 15 is 0 Å². The van der Waals surface area contributed by atoms with Crippen LogP contribution < -0.4 is 15.2 Å². The van der Waals surface area contributed by atoms with Crippen LogP contribution in [0.1, 0.15) is 36.1 Å². The Morgan fingerprint density at radius 1 is 1.16 bits per heavy atom. The lowest BCUT2D eigenvalue weighted by Crippen LogP contribution is -2.37. The number of rotatable bonds is 6. The molecule has 0 saturated carbocycles. The number of hydrogen-bond donors (Lipinski definition) is 1. The zero-order chi connectivity index (χ0) is 17.8. The van der Waals surface area contributed by atoms with Gasteiger partial charge in [0.25, 0.3) is 0 Å². The van der Waals surface area contributed by atoms with Crippen LogP contribution in [-0.2, 0) is 4.79 Å². The summed E-state index contributed by atoms with van der Waals surface area (Å²) in [5.41, 5.74) is 7.73. The molecular formula is C20H24N2O3. The van der Waals surface area contributed by atoms with Crippen LogP contribution in [0.25, 0.3) is 0 Å². The summed E-state index contributed by atoms with van der Waals surface area (Å²) in [7, 11) is 3.31. The number of hydrogen-bond acceptors (Lipinski definition) is 4. The Morgan fingerprint density at radius 2 is 1.92 bits per heavy atom. The highest BCUT2D eigenvalue weighted by molar-refractivity contribution is 5.81. The minimum Gasteiger partial charge on any atom is -0.497 e. The monoisotopic (exact) mass is 340 g/mol. The van der Waals surface area contributed by atoms with Gasteiger partial charge >= 0.3 is 0 Å². The van der Waals surface area contributed by atoms with Gasteiger partial charge in [-0.25, -0.2) is 0 Å². The molecule has 1 aliphatic rings. The van der Waals surface area contributed by atoms with Gasteiger partial charge in [0.2, 0.25) is 5.91 Å². The number of amides is 1. The molecule has 0 unspecified atom stereocenters. The van der Waals surface area contributed by atoms with E-state index in [1.165, 1.54) is 0 Å². The Bertz CT molecular complexity index is 733. The zero-order valence-electron chi connectivity index (χ0n) is 14.6. The highest BCUT2D eigenvalue weighted by atomic mass is 16.5. The van der Waals surface area contributed by atoms with E-state index in [2.05, 4.69) is 4.90 Å². The number of nitrogens with two attached hydrogens (primary N) is 1. The molecule has 1 amide bonds. The van der Waals surface area contributed by atoms with Gasteiger partial charge in [-0.05, 0) is 43.1 Å². The lowest BCUT2D eigenvalue weighted by Gasteiger charge is -2.32. The smallest absolute Gasteiger partial charge is 0.239 e. The van der Waals surface area contributed by atoms with E-state index in [4.69, 9.17) is 15.2 Å². The minimum absolute atomic E-state index is 0.0581. The average molecular weight is 340 g/mol. The number of carbonyl (C=O) groups excluding carboxylic acids is 1. The Balaban J connectivity index is 2.01. The largest absolute Gasteiger partial charge is 0.497 e. The van der Waals surface area contributed by atoms with Crippen LogP contribution in [0.4, 0.5) is 0 Å². The lowest BCUT2D eigenvalue weighted by molar-refractivity contribution is -0.123. The van der Waals surface area contributed by atoms with E-state index in [1.54, 1.807) is 14.2 Å². The van der Waals surface area contributed by atoms with Gasteiger partial charge in [0.15, 0.2) is 0 Å². The van der Waals surface area contributed by atoms with E-state index in [-0.39, 0.29) is 11.9 Å². The Kier molecular flexibility index (Phi) is 5.24.